The normalized spacial score (nSPS) is 12.5. The summed E-state index contributed by atoms with van der Waals surface area (Å²) in [5.41, 5.74) is 1.14. The molecule has 1 N–H and O–H groups in total. The molecule has 102 valence electrons. The van der Waals surface area contributed by atoms with E-state index in [-0.39, 0.29) is 0 Å². The van der Waals surface area contributed by atoms with E-state index in [9.17, 15) is 0 Å². The standard InChI is InChI=1S/C15H22N4/c1-3-16-14(15-18-11-12-19(15)4-2)9-8-13-7-5-6-10-17-13/h5-7,10-12,14,16H,3-4,8-9H2,1-2H3. The van der Waals surface area contributed by atoms with Gasteiger partial charge in [-0.25, -0.2) is 4.98 Å². The monoisotopic (exact) mass is 258 g/mol. The van der Waals surface area contributed by atoms with Crippen molar-refractivity contribution in [3.05, 3.63) is 48.3 Å². The Bertz CT molecular complexity index is 478. The number of aryl methyl sites for hydroxylation is 2. The van der Waals surface area contributed by atoms with E-state index in [1.807, 2.05) is 30.7 Å². The summed E-state index contributed by atoms with van der Waals surface area (Å²) in [6.07, 6.45) is 7.76. The van der Waals surface area contributed by atoms with Gasteiger partial charge in [-0.2, -0.15) is 0 Å². The van der Waals surface area contributed by atoms with Crippen LogP contribution in [0.3, 0.4) is 0 Å². The molecule has 4 heteroatoms. The van der Waals surface area contributed by atoms with Gasteiger partial charge in [0.25, 0.3) is 0 Å². The summed E-state index contributed by atoms with van der Waals surface area (Å²) in [5, 5.41) is 3.52. The second-order valence-corrected chi connectivity index (χ2v) is 4.54. The molecule has 0 fully saturated rings. The van der Waals surface area contributed by atoms with Gasteiger partial charge in [0.05, 0.1) is 6.04 Å². The second-order valence-electron chi connectivity index (χ2n) is 4.54. The van der Waals surface area contributed by atoms with Crippen molar-refractivity contribution in [2.75, 3.05) is 6.54 Å². The van der Waals surface area contributed by atoms with E-state index in [1.165, 1.54) is 0 Å². The maximum absolute atomic E-state index is 4.50. The molecule has 2 rings (SSSR count). The van der Waals surface area contributed by atoms with Crippen LogP contribution >= 0.6 is 0 Å². The highest BCUT2D eigenvalue weighted by Crippen LogP contribution is 2.17. The Kier molecular flexibility index (Phi) is 5.10. The van der Waals surface area contributed by atoms with E-state index in [4.69, 9.17) is 0 Å². The number of pyridine rings is 1. The number of hydrogen-bond donors (Lipinski definition) is 1. The van der Waals surface area contributed by atoms with Gasteiger partial charge in [0.2, 0.25) is 0 Å². The quantitative estimate of drug-likeness (QED) is 0.830. The molecule has 0 aliphatic carbocycles. The minimum absolute atomic E-state index is 0.293. The van der Waals surface area contributed by atoms with Gasteiger partial charge in [-0.3, -0.25) is 4.98 Å². The molecular weight excluding hydrogens is 236 g/mol. The third-order valence-electron chi connectivity index (χ3n) is 3.27. The molecule has 1 atom stereocenters. The van der Waals surface area contributed by atoms with Crippen molar-refractivity contribution in [3.63, 3.8) is 0 Å². The van der Waals surface area contributed by atoms with Crippen molar-refractivity contribution < 1.29 is 0 Å². The van der Waals surface area contributed by atoms with E-state index >= 15 is 0 Å². The summed E-state index contributed by atoms with van der Waals surface area (Å²) in [7, 11) is 0. The number of nitrogens with zero attached hydrogens (tertiary/aromatic N) is 3. The Morgan fingerprint density at radius 2 is 2.11 bits per heavy atom. The predicted octanol–water partition coefficient (Wildman–Crippen LogP) is 2.58. The van der Waals surface area contributed by atoms with Crippen LogP contribution in [0.4, 0.5) is 0 Å². The van der Waals surface area contributed by atoms with E-state index in [2.05, 4.69) is 39.8 Å². The highest BCUT2D eigenvalue weighted by atomic mass is 15.1. The molecule has 1 unspecified atom stereocenters. The molecule has 4 nitrogen and oxygen atoms in total. The molecule has 2 heterocycles. The summed E-state index contributed by atoms with van der Waals surface area (Å²) in [6, 6.07) is 6.36. The summed E-state index contributed by atoms with van der Waals surface area (Å²) in [5.74, 6) is 1.13. The molecule has 0 saturated heterocycles. The van der Waals surface area contributed by atoms with Crippen LogP contribution in [-0.2, 0) is 13.0 Å². The molecule has 0 aliphatic rings. The Balaban J connectivity index is 2.04. The highest BCUT2D eigenvalue weighted by molar-refractivity contribution is 5.06. The van der Waals surface area contributed by atoms with Gasteiger partial charge in [-0.05, 0) is 38.4 Å². The highest BCUT2D eigenvalue weighted by Gasteiger charge is 2.15. The van der Waals surface area contributed by atoms with Crippen molar-refractivity contribution >= 4 is 0 Å². The first kappa shape index (κ1) is 13.7. The van der Waals surface area contributed by atoms with Gasteiger partial charge < -0.3 is 9.88 Å². The molecule has 2 aromatic heterocycles. The first-order valence-electron chi connectivity index (χ1n) is 6.99. The zero-order valence-corrected chi connectivity index (χ0v) is 11.7. The molecule has 0 aromatic carbocycles. The van der Waals surface area contributed by atoms with Crippen LogP contribution in [0.15, 0.2) is 36.8 Å². The van der Waals surface area contributed by atoms with E-state index in [0.717, 1.165) is 37.4 Å². The summed E-state index contributed by atoms with van der Waals surface area (Å²) in [4.78, 5) is 8.88. The largest absolute Gasteiger partial charge is 0.334 e. The average Bonchev–Trinajstić information content (AvgIpc) is 2.93. The molecule has 0 amide bonds. The Morgan fingerprint density at radius 3 is 2.79 bits per heavy atom. The Morgan fingerprint density at radius 1 is 1.21 bits per heavy atom. The fourth-order valence-corrected chi connectivity index (χ4v) is 2.31. The van der Waals surface area contributed by atoms with Crippen LogP contribution in [0.5, 0.6) is 0 Å². The molecule has 0 aliphatic heterocycles. The van der Waals surface area contributed by atoms with Crippen molar-refractivity contribution in [2.24, 2.45) is 0 Å². The van der Waals surface area contributed by atoms with Crippen molar-refractivity contribution in [1.82, 2.24) is 19.9 Å². The number of rotatable bonds is 7. The lowest BCUT2D eigenvalue weighted by Gasteiger charge is -2.18. The third kappa shape index (κ3) is 3.64. The average molecular weight is 258 g/mol. The van der Waals surface area contributed by atoms with Gasteiger partial charge in [-0.1, -0.05) is 13.0 Å². The van der Waals surface area contributed by atoms with Gasteiger partial charge in [0, 0.05) is 30.8 Å². The molecule has 0 saturated carbocycles. The smallest absolute Gasteiger partial charge is 0.125 e. The van der Waals surface area contributed by atoms with Crippen LogP contribution in [0.25, 0.3) is 0 Å². The van der Waals surface area contributed by atoms with E-state index in [0.29, 0.717) is 6.04 Å². The van der Waals surface area contributed by atoms with Crippen molar-refractivity contribution in [1.29, 1.82) is 0 Å². The van der Waals surface area contributed by atoms with Crippen molar-refractivity contribution in [2.45, 2.75) is 39.3 Å². The van der Waals surface area contributed by atoms with Crippen LogP contribution in [0.2, 0.25) is 0 Å². The fraction of sp³-hybridized carbons (Fsp3) is 0.467. The molecule has 0 radical (unpaired) electrons. The van der Waals surface area contributed by atoms with E-state index in [1.54, 1.807) is 0 Å². The van der Waals surface area contributed by atoms with Crippen LogP contribution in [0.1, 0.15) is 37.8 Å². The summed E-state index contributed by atoms with van der Waals surface area (Å²) < 4.78 is 2.20. The maximum atomic E-state index is 4.50. The minimum atomic E-state index is 0.293. The lowest BCUT2D eigenvalue weighted by molar-refractivity contribution is 0.467. The number of hydrogen-bond acceptors (Lipinski definition) is 3. The van der Waals surface area contributed by atoms with Crippen LogP contribution in [0, 0.1) is 0 Å². The number of imidazole rings is 1. The molecule has 0 spiro atoms. The summed E-state index contributed by atoms with van der Waals surface area (Å²) in [6.45, 7) is 6.18. The maximum Gasteiger partial charge on any atom is 0.125 e. The van der Waals surface area contributed by atoms with Crippen LogP contribution in [-0.4, -0.2) is 21.1 Å². The Labute approximate surface area is 114 Å². The van der Waals surface area contributed by atoms with Crippen molar-refractivity contribution in [3.8, 4) is 0 Å². The van der Waals surface area contributed by atoms with Crippen LogP contribution < -0.4 is 5.32 Å². The second kappa shape index (κ2) is 7.04. The molecule has 19 heavy (non-hydrogen) atoms. The fourth-order valence-electron chi connectivity index (χ4n) is 2.31. The zero-order valence-electron chi connectivity index (χ0n) is 11.7. The number of aromatic nitrogens is 3. The number of nitrogens with one attached hydrogen (secondary N) is 1. The lowest BCUT2D eigenvalue weighted by atomic mass is 10.1. The SMILES string of the molecule is CCNC(CCc1ccccn1)c1nccn1CC. The predicted molar refractivity (Wildman–Crippen MR) is 76.9 cm³/mol. The molecule has 2 aromatic rings. The lowest BCUT2D eigenvalue weighted by Crippen LogP contribution is -2.24. The van der Waals surface area contributed by atoms with Gasteiger partial charge in [0.15, 0.2) is 0 Å². The first-order chi connectivity index (χ1) is 9.35. The first-order valence-corrected chi connectivity index (χ1v) is 6.99. The topological polar surface area (TPSA) is 42.7 Å². The van der Waals surface area contributed by atoms with E-state index < -0.39 is 0 Å². The van der Waals surface area contributed by atoms with Gasteiger partial charge in [0.1, 0.15) is 5.82 Å². The Hall–Kier alpha value is -1.68. The van der Waals surface area contributed by atoms with Gasteiger partial charge >= 0.3 is 0 Å². The zero-order chi connectivity index (χ0) is 13.5. The van der Waals surface area contributed by atoms with Gasteiger partial charge in [-0.15, -0.1) is 0 Å². The third-order valence-corrected chi connectivity index (χ3v) is 3.27. The molecular formula is C15H22N4. The minimum Gasteiger partial charge on any atom is -0.334 e. The molecule has 0 bridgehead atoms. The summed E-state index contributed by atoms with van der Waals surface area (Å²) >= 11 is 0.